The van der Waals surface area contributed by atoms with Gasteiger partial charge >= 0.3 is 20.1 Å². The molecule has 0 bridgehead atoms. The number of hydrogen-bond donors (Lipinski definition) is 0. The second-order valence-corrected chi connectivity index (χ2v) is 16.1. The fraction of sp³-hybridized carbons (Fsp3) is 0.0656. The third-order valence-electron chi connectivity index (χ3n) is 11.8. The Morgan fingerprint density at radius 3 is 1.28 bits per heavy atom. The van der Waals surface area contributed by atoms with Gasteiger partial charge in [0.2, 0.25) is 0 Å². The summed E-state index contributed by atoms with van der Waals surface area (Å²) in [6.07, 6.45) is 9.11. The van der Waals surface area contributed by atoms with Gasteiger partial charge in [0.15, 0.2) is 0 Å². The maximum absolute atomic E-state index is 4.70. The van der Waals surface area contributed by atoms with E-state index in [2.05, 4.69) is 180 Å². The first kappa shape index (κ1) is 42.9. The molecule has 10 rings (SSSR count). The van der Waals surface area contributed by atoms with Gasteiger partial charge in [-0.3, -0.25) is 0 Å². The van der Waals surface area contributed by atoms with Gasteiger partial charge in [-0.15, -0.1) is 94.5 Å². The standard InChI is InChI=1S/C61H44N3.Ir/c1-2-12-48(13-3-1)49-31-33-50(34-32-49)58-43-53(61-18-8-11-39-64-61)35-36-57(58)56-15-5-4-14-55(56)54-41-46(21-19-44-23-27-51(28-24-44)59-16-6-9-37-62-59)40-47(42-54)22-20-45-25-29-52(30-26-45)60-17-7-10-38-63-60;/h1-18,23-27,29,31-34,36-43H,19-22H2;/q-3;+3. The Bertz CT molecular complexity index is 2990. The Morgan fingerprint density at radius 1 is 0.292 bits per heavy atom. The van der Waals surface area contributed by atoms with Crippen LogP contribution in [0.1, 0.15) is 22.3 Å². The third kappa shape index (κ3) is 10.2. The van der Waals surface area contributed by atoms with Crippen LogP contribution in [-0.4, -0.2) is 15.0 Å². The average molecular weight is 1010 g/mol. The van der Waals surface area contributed by atoms with E-state index in [0.717, 1.165) is 81.7 Å². The zero-order valence-corrected chi connectivity index (χ0v) is 38.2. The van der Waals surface area contributed by atoms with E-state index in [4.69, 9.17) is 4.98 Å². The summed E-state index contributed by atoms with van der Waals surface area (Å²) < 4.78 is 0. The first-order chi connectivity index (χ1) is 31.7. The van der Waals surface area contributed by atoms with Gasteiger partial charge in [-0.1, -0.05) is 163 Å². The van der Waals surface area contributed by atoms with Gasteiger partial charge < -0.3 is 15.0 Å². The quantitative estimate of drug-likeness (QED) is 0.108. The Kier molecular flexibility index (Phi) is 13.5. The molecule has 4 heteroatoms. The van der Waals surface area contributed by atoms with Crippen LogP contribution in [0.2, 0.25) is 0 Å². The minimum atomic E-state index is 0. The Morgan fingerprint density at radius 2 is 0.754 bits per heavy atom. The first-order valence-electron chi connectivity index (χ1n) is 21.9. The summed E-state index contributed by atoms with van der Waals surface area (Å²) >= 11 is 0. The molecule has 3 nitrogen and oxygen atoms in total. The summed E-state index contributed by atoms with van der Waals surface area (Å²) in [5.41, 5.74) is 20.2. The van der Waals surface area contributed by atoms with Gasteiger partial charge in [-0.2, -0.15) is 0 Å². The molecule has 0 saturated carbocycles. The van der Waals surface area contributed by atoms with Crippen molar-refractivity contribution in [3.63, 3.8) is 0 Å². The molecule has 0 amide bonds. The van der Waals surface area contributed by atoms with Gasteiger partial charge in [0.05, 0.1) is 0 Å². The molecule has 0 fully saturated rings. The van der Waals surface area contributed by atoms with Crippen LogP contribution in [0.4, 0.5) is 0 Å². The van der Waals surface area contributed by atoms with Crippen molar-refractivity contribution in [1.82, 2.24) is 15.0 Å². The van der Waals surface area contributed by atoms with E-state index in [1.165, 1.54) is 44.5 Å². The zero-order valence-electron chi connectivity index (χ0n) is 35.8. The van der Waals surface area contributed by atoms with Gasteiger partial charge in [-0.25, -0.2) is 0 Å². The van der Waals surface area contributed by atoms with E-state index >= 15 is 0 Å². The molecule has 3 heterocycles. The molecule has 0 saturated heterocycles. The minimum Gasteiger partial charge on any atom is -0.305 e. The molecular weight excluding hydrogens is 967 g/mol. The molecule has 0 aliphatic carbocycles. The van der Waals surface area contributed by atoms with Crippen molar-refractivity contribution >= 4 is 0 Å². The van der Waals surface area contributed by atoms with Crippen LogP contribution >= 0.6 is 0 Å². The maximum Gasteiger partial charge on any atom is 3.00 e. The Balaban J connectivity index is 0.00000533. The van der Waals surface area contributed by atoms with Crippen LogP contribution in [0, 0.1) is 18.2 Å². The monoisotopic (exact) mass is 1010 g/mol. The van der Waals surface area contributed by atoms with Gasteiger partial charge in [0.25, 0.3) is 0 Å². The number of aromatic nitrogens is 3. The molecule has 0 unspecified atom stereocenters. The van der Waals surface area contributed by atoms with Crippen LogP contribution in [0.5, 0.6) is 0 Å². The third-order valence-corrected chi connectivity index (χ3v) is 11.8. The van der Waals surface area contributed by atoms with E-state index in [-0.39, 0.29) is 20.1 Å². The molecule has 3 aromatic heterocycles. The number of hydrogen-bond acceptors (Lipinski definition) is 3. The topological polar surface area (TPSA) is 38.7 Å². The maximum atomic E-state index is 4.70. The van der Waals surface area contributed by atoms with Crippen LogP contribution in [-0.2, 0) is 45.8 Å². The normalized spacial score (nSPS) is 10.9. The van der Waals surface area contributed by atoms with Gasteiger partial charge in [0.1, 0.15) is 0 Å². The van der Waals surface area contributed by atoms with E-state index in [1.807, 2.05) is 67.1 Å². The Labute approximate surface area is 396 Å². The number of nitrogens with zero attached hydrogens (tertiary/aromatic N) is 3. The second-order valence-electron chi connectivity index (χ2n) is 16.1. The molecule has 0 atom stereocenters. The SMILES string of the molecule is [Ir+3].[c-]1cc(CCc2cc(CCc3c[c-]c(-c4ccccn4)cc3)cc(-c3ccccc3-c3c[c-]c(-c4ccccn4)cc3-c3ccc(-c4ccccc4)cc3)c2)ccc1-c1ccccn1. The average Bonchev–Trinajstić information content (AvgIpc) is 3.38. The Hall–Kier alpha value is -7.36. The number of pyridine rings is 3. The van der Waals surface area contributed by atoms with Crippen molar-refractivity contribution in [1.29, 1.82) is 0 Å². The van der Waals surface area contributed by atoms with Crippen molar-refractivity contribution in [3.8, 4) is 78.3 Å². The molecule has 10 aromatic rings. The van der Waals surface area contributed by atoms with Crippen molar-refractivity contribution in [2.24, 2.45) is 0 Å². The predicted molar refractivity (Wildman–Crippen MR) is 262 cm³/mol. The van der Waals surface area contributed by atoms with Crippen molar-refractivity contribution in [2.75, 3.05) is 0 Å². The predicted octanol–water partition coefficient (Wildman–Crippen LogP) is 14.5. The minimum absolute atomic E-state index is 0. The fourth-order valence-corrected chi connectivity index (χ4v) is 8.44. The van der Waals surface area contributed by atoms with E-state index in [1.54, 1.807) is 0 Å². The smallest absolute Gasteiger partial charge is 0.305 e. The second kappa shape index (κ2) is 20.4. The summed E-state index contributed by atoms with van der Waals surface area (Å²) in [5.74, 6) is 0. The van der Waals surface area contributed by atoms with Crippen molar-refractivity contribution in [3.05, 3.63) is 259 Å². The van der Waals surface area contributed by atoms with Crippen LogP contribution < -0.4 is 0 Å². The fourth-order valence-electron chi connectivity index (χ4n) is 8.44. The summed E-state index contributed by atoms with van der Waals surface area (Å²) in [4.78, 5) is 13.7. The van der Waals surface area contributed by atoms with E-state index in [0.29, 0.717) is 0 Å². The number of aryl methyl sites for hydroxylation is 4. The van der Waals surface area contributed by atoms with Crippen LogP contribution in [0.15, 0.2) is 219 Å². The molecule has 0 N–H and O–H groups in total. The zero-order chi connectivity index (χ0) is 42.9. The van der Waals surface area contributed by atoms with Crippen molar-refractivity contribution in [2.45, 2.75) is 25.7 Å². The molecule has 312 valence electrons. The van der Waals surface area contributed by atoms with Gasteiger partial charge in [0, 0.05) is 18.6 Å². The molecule has 0 aliphatic heterocycles. The summed E-state index contributed by atoms with van der Waals surface area (Å²) in [7, 11) is 0. The summed E-state index contributed by atoms with van der Waals surface area (Å²) in [5, 5.41) is 0. The first-order valence-corrected chi connectivity index (χ1v) is 21.9. The largest absolute Gasteiger partial charge is 3.00 e. The van der Waals surface area contributed by atoms with E-state index in [9.17, 15) is 0 Å². The molecule has 0 aliphatic rings. The van der Waals surface area contributed by atoms with Gasteiger partial charge in [-0.05, 0) is 87.1 Å². The van der Waals surface area contributed by atoms with E-state index < -0.39 is 0 Å². The molecule has 0 radical (unpaired) electrons. The molecule has 0 spiro atoms. The molecular formula is C61H44IrN3. The summed E-state index contributed by atoms with van der Waals surface area (Å²) in [6, 6.07) is 81.4. The molecule has 7 aromatic carbocycles. The number of rotatable bonds is 13. The number of benzene rings is 7. The summed E-state index contributed by atoms with van der Waals surface area (Å²) in [6.45, 7) is 0. The molecule has 65 heavy (non-hydrogen) atoms. The van der Waals surface area contributed by atoms with Crippen molar-refractivity contribution < 1.29 is 20.1 Å². The van der Waals surface area contributed by atoms with Crippen LogP contribution in [0.3, 0.4) is 0 Å². The van der Waals surface area contributed by atoms with Crippen LogP contribution in [0.25, 0.3) is 78.3 Å².